The Kier molecular flexibility index (Phi) is 6.30. The first kappa shape index (κ1) is 21.2. The zero-order valence-electron chi connectivity index (χ0n) is 17.8. The average molecular weight is 406 g/mol. The van der Waals surface area contributed by atoms with E-state index in [0.29, 0.717) is 29.2 Å². The molecule has 0 unspecified atom stereocenters. The maximum absolute atomic E-state index is 12.7. The molecular formula is C23H26N4O3. The molecular weight excluding hydrogens is 380 g/mol. The maximum atomic E-state index is 12.7. The van der Waals surface area contributed by atoms with Gasteiger partial charge in [0, 0.05) is 29.7 Å². The molecule has 30 heavy (non-hydrogen) atoms. The van der Waals surface area contributed by atoms with E-state index in [1.54, 1.807) is 17.0 Å². The smallest absolute Gasteiger partial charge is 0.342 e. The minimum atomic E-state index is -0.575. The molecule has 3 heterocycles. The predicted molar refractivity (Wildman–Crippen MR) is 114 cm³/mol. The van der Waals surface area contributed by atoms with Crippen molar-refractivity contribution >= 4 is 11.8 Å². The lowest BCUT2D eigenvalue weighted by molar-refractivity contribution is 0.0473. The Morgan fingerprint density at radius 3 is 2.63 bits per heavy atom. The lowest BCUT2D eigenvalue weighted by Crippen LogP contribution is -2.17. The molecule has 7 heteroatoms. The van der Waals surface area contributed by atoms with Crippen LogP contribution in [0.5, 0.6) is 0 Å². The van der Waals surface area contributed by atoms with Crippen molar-refractivity contribution in [1.82, 2.24) is 19.3 Å². The zero-order valence-corrected chi connectivity index (χ0v) is 17.8. The van der Waals surface area contributed by atoms with E-state index in [2.05, 4.69) is 16.7 Å². The molecule has 0 atom stereocenters. The van der Waals surface area contributed by atoms with Crippen LogP contribution in [0.25, 0.3) is 5.82 Å². The normalized spacial score (nSPS) is 11.0. The number of carbonyl (C=O) groups excluding carboxylic acids is 2. The second kappa shape index (κ2) is 8.90. The first-order chi connectivity index (χ1) is 14.3. The Balaban J connectivity index is 1.79. The molecule has 0 bridgehead atoms. The molecule has 0 radical (unpaired) electrons. The topological polar surface area (TPSA) is 79.0 Å². The monoisotopic (exact) mass is 406 g/mol. The van der Waals surface area contributed by atoms with Gasteiger partial charge >= 0.3 is 5.97 Å². The average Bonchev–Trinajstić information content (AvgIpc) is 3.30. The van der Waals surface area contributed by atoms with Gasteiger partial charge in [-0.3, -0.25) is 4.79 Å². The van der Waals surface area contributed by atoms with Crippen molar-refractivity contribution in [2.75, 3.05) is 6.61 Å². The fourth-order valence-corrected chi connectivity index (χ4v) is 3.51. The molecule has 7 nitrogen and oxygen atoms in total. The fraction of sp³-hybridized carbons (Fsp3) is 0.304. The highest BCUT2D eigenvalue weighted by molar-refractivity contribution is 6.00. The number of carbonyl (C=O) groups is 2. The highest BCUT2D eigenvalue weighted by atomic mass is 16.5. The Labute approximate surface area is 176 Å². The molecule has 3 aromatic heterocycles. The zero-order chi connectivity index (χ0) is 21.8. The number of allylic oxidation sites excluding steroid dienone is 1. The summed E-state index contributed by atoms with van der Waals surface area (Å²) in [6, 6.07) is 7.30. The Morgan fingerprint density at radius 2 is 2.00 bits per heavy atom. The van der Waals surface area contributed by atoms with Crippen molar-refractivity contribution in [2.45, 2.75) is 40.2 Å². The highest BCUT2D eigenvalue weighted by Gasteiger charge is 2.24. The van der Waals surface area contributed by atoms with E-state index in [4.69, 9.17) is 4.74 Å². The van der Waals surface area contributed by atoms with Crippen LogP contribution in [0.3, 0.4) is 0 Å². The lowest BCUT2D eigenvalue weighted by Gasteiger charge is -2.12. The molecule has 0 amide bonds. The molecule has 0 aliphatic carbocycles. The van der Waals surface area contributed by atoms with Crippen LogP contribution < -0.4 is 0 Å². The van der Waals surface area contributed by atoms with Crippen LogP contribution in [0, 0.1) is 13.8 Å². The van der Waals surface area contributed by atoms with Crippen molar-refractivity contribution in [3.63, 3.8) is 0 Å². The minimum Gasteiger partial charge on any atom is -0.454 e. The number of nitrogens with zero attached hydrogens (tertiary/aromatic N) is 4. The molecule has 0 aliphatic heterocycles. The number of esters is 1. The molecule has 156 valence electrons. The number of ketones is 1. The van der Waals surface area contributed by atoms with Crippen molar-refractivity contribution in [1.29, 1.82) is 0 Å². The summed E-state index contributed by atoms with van der Waals surface area (Å²) in [4.78, 5) is 29.7. The van der Waals surface area contributed by atoms with Gasteiger partial charge in [0.15, 0.2) is 12.4 Å². The molecule has 0 spiro atoms. The van der Waals surface area contributed by atoms with Gasteiger partial charge < -0.3 is 9.30 Å². The van der Waals surface area contributed by atoms with Crippen molar-refractivity contribution in [3.05, 3.63) is 77.5 Å². The maximum Gasteiger partial charge on any atom is 0.342 e. The number of hydrogen-bond donors (Lipinski definition) is 0. The summed E-state index contributed by atoms with van der Waals surface area (Å²) in [5.41, 5.74) is 3.37. The summed E-state index contributed by atoms with van der Waals surface area (Å²) in [6.07, 6.45) is 4.91. The van der Waals surface area contributed by atoms with E-state index in [1.807, 2.05) is 56.5 Å². The van der Waals surface area contributed by atoms with Gasteiger partial charge in [-0.15, -0.1) is 6.58 Å². The van der Waals surface area contributed by atoms with Crippen molar-refractivity contribution in [3.8, 4) is 5.82 Å². The van der Waals surface area contributed by atoms with E-state index in [9.17, 15) is 9.59 Å². The molecule has 0 saturated heterocycles. The molecule has 0 fully saturated rings. The molecule has 0 aliphatic rings. The summed E-state index contributed by atoms with van der Waals surface area (Å²) in [7, 11) is 0. The number of pyridine rings is 1. The van der Waals surface area contributed by atoms with Crippen LogP contribution in [-0.2, 0) is 11.3 Å². The summed E-state index contributed by atoms with van der Waals surface area (Å²) >= 11 is 0. The summed E-state index contributed by atoms with van der Waals surface area (Å²) in [6.45, 7) is 11.8. The predicted octanol–water partition coefficient (Wildman–Crippen LogP) is 4.03. The number of ether oxygens (including phenoxy) is 1. The van der Waals surface area contributed by atoms with E-state index < -0.39 is 5.97 Å². The number of Topliss-reactive ketones (excluding diaryl/α,β-unsaturated/α-hetero) is 1. The second-order valence-corrected chi connectivity index (χ2v) is 7.38. The van der Waals surface area contributed by atoms with Gasteiger partial charge in [0.25, 0.3) is 0 Å². The molecule has 0 saturated carbocycles. The van der Waals surface area contributed by atoms with Crippen LogP contribution in [0.4, 0.5) is 0 Å². The number of rotatable bonds is 8. The number of aryl methyl sites for hydroxylation is 1. The van der Waals surface area contributed by atoms with Gasteiger partial charge in [-0.2, -0.15) is 5.10 Å². The third-order valence-electron chi connectivity index (χ3n) is 4.96. The molecule has 0 N–H and O–H groups in total. The second-order valence-electron chi connectivity index (χ2n) is 7.38. The Hall–Kier alpha value is -3.48. The van der Waals surface area contributed by atoms with Gasteiger partial charge in [0.1, 0.15) is 5.56 Å². The van der Waals surface area contributed by atoms with E-state index in [-0.39, 0.29) is 18.3 Å². The first-order valence-electron chi connectivity index (χ1n) is 9.82. The summed E-state index contributed by atoms with van der Waals surface area (Å²) < 4.78 is 8.98. The summed E-state index contributed by atoms with van der Waals surface area (Å²) in [5, 5.41) is 4.32. The molecule has 0 aromatic carbocycles. The Morgan fingerprint density at radius 1 is 1.23 bits per heavy atom. The Bertz CT molecular complexity index is 1080. The van der Waals surface area contributed by atoms with Crippen molar-refractivity contribution < 1.29 is 14.3 Å². The highest BCUT2D eigenvalue weighted by Crippen LogP contribution is 2.23. The van der Waals surface area contributed by atoms with Crippen LogP contribution in [0.15, 0.2) is 49.3 Å². The largest absolute Gasteiger partial charge is 0.454 e. The van der Waals surface area contributed by atoms with Gasteiger partial charge in [-0.1, -0.05) is 26.0 Å². The van der Waals surface area contributed by atoms with Gasteiger partial charge in [-0.05, 0) is 38.0 Å². The number of hydrogen-bond acceptors (Lipinski definition) is 5. The van der Waals surface area contributed by atoms with E-state index >= 15 is 0 Å². The van der Waals surface area contributed by atoms with E-state index in [0.717, 1.165) is 11.4 Å². The summed E-state index contributed by atoms with van der Waals surface area (Å²) in [5.74, 6) is -0.194. The number of aromatic nitrogens is 4. The van der Waals surface area contributed by atoms with Crippen molar-refractivity contribution in [2.24, 2.45) is 0 Å². The lowest BCUT2D eigenvalue weighted by atomic mass is 10.1. The van der Waals surface area contributed by atoms with Crippen LogP contribution in [-0.4, -0.2) is 37.7 Å². The van der Waals surface area contributed by atoms with E-state index in [1.165, 1.54) is 6.20 Å². The van der Waals surface area contributed by atoms with Crippen LogP contribution in [0.1, 0.15) is 57.6 Å². The standard InChI is InChI=1S/C23H26N4O3/c1-6-11-26-16(4)12-18(17(26)5)20(28)14-30-23(29)19-13-25-27(22(19)15(2)3)21-9-7-8-10-24-21/h6-10,12-13,15H,1,11,14H2,2-5H3. The third-order valence-corrected chi connectivity index (χ3v) is 4.96. The van der Waals surface area contributed by atoms with Crippen LogP contribution in [0.2, 0.25) is 0 Å². The SMILES string of the molecule is C=CCn1c(C)cc(C(=O)COC(=O)c2cnn(-c3ccccn3)c2C(C)C)c1C. The molecule has 3 rings (SSSR count). The van der Waals surface area contributed by atoms with Crippen LogP contribution >= 0.6 is 0 Å². The van der Waals surface area contributed by atoms with Gasteiger partial charge in [0.2, 0.25) is 5.78 Å². The first-order valence-corrected chi connectivity index (χ1v) is 9.82. The molecule has 3 aromatic rings. The third kappa shape index (κ3) is 4.10. The van der Waals surface area contributed by atoms with Gasteiger partial charge in [0.05, 0.1) is 11.9 Å². The quantitative estimate of drug-likeness (QED) is 0.321. The fourth-order valence-electron chi connectivity index (χ4n) is 3.51. The van der Waals surface area contributed by atoms with Gasteiger partial charge in [-0.25, -0.2) is 14.5 Å². The minimum absolute atomic E-state index is 0.00517.